The fourth-order valence-electron chi connectivity index (χ4n) is 3.32. The number of fused-ring (bicyclic) bond motifs is 1. The molecule has 0 aliphatic carbocycles. The minimum absolute atomic E-state index is 0.0368. The third kappa shape index (κ3) is 4.20. The van der Waals surface area contributed by atoms with E-state index in [0.29, 0.717) is 13.1 Å². The predicted octanol–water partition coefficient (Wildman–Crippen LogP) is 1.91. The molecule has 1 saturated heterocycles. The number of nitrogens with two attached hydrogens (primary N) is 1. The number of carbonyl (C=O) groups excluding carboxylic acids is 2. The molecule has 10 nitrogen and oxygen atoms in total. The normalized spacial score (nSPS) is 16.3. The molecule has 1 aromatic carbocycles. The number of thiazole rings is 1. The highest BCUT2D eigenvalue weighted by molar-refractivity contribution is 7.16. The second-order valence-electron chi connectivity index (χ2n) is 6.83. The number of amides is 2. The molecule has 30 heavy (non-hydrogen) atoms. The van der Waals surface area contributed by atoms with E-state index in [1.54, 1.807) is 10.4 Å². The molecule has 1 aliphatic heterocycles. The van der Waals surface area contributed by atoms with Crippen molar-refractivity contribution in [1.82, 2.24) is 25.1 Å². The fourth-order valence-corrected chi connectivity index (χ4v) is 4.03. The van der Waals surface area contributed by atoms with E-state index in [1.165, 1.54) is 17.4 Å². The molecule has 3 aromatic rings. The number of hydrogen-bond donors (Lipinski definition) is 3. The minimum Gasteiger partial charge on any atom is -0.364 e. The first-order valence-corrected chi connectivity index (χ1v) is 10.2. The molecule has 0 spiro atoms. The summed E-state index contributed by atoms with van der Waals surface area (Å²) < 4.78 is 0.996. The molecule has 154 valence electrons. The van der Waals surface area contributed by atoms with Crippen molar-refractivity contribution in [2.24, 2.45) is 5.73 Å². The monoisotopic (exact) mass is 424 g/mol. The van der Waals surface area contributed by atoms with Gasteiger partial charge < -0.3 is 21.3 Å². The molecule has 0 saturated carbocycles. The molecule has 2 amide bonds. The zero-order valence-corrected chi connectivity index (χ0v) is 16.9. The molecule has 11 heteroatoms. The predicted molar refractivity (Wildman–Crippen MR) is 115 cm³/mol. The van der Waals surface area contributed by atoms with Gasteiger partial charge in [0.2, 0.25) is 11.9 Å². The maximum Gasteiger partial charge on any atom is 0.273 e. The van der Waals surface area contributed by atoms with Gasteiger partial charge in [0, 0.05) is 24.8 Å². The number of aromatic nitrogens is 4. The Morgan fingerprint density at radius 3 is 3.00 bits per heavy atom. The van der Waals surface area contributed by atoms with E-state index in [-0.39, 0.29) is 29.4 Å². The first-order chi connectivity index (χ1) is 14.5. The largest absolute Gasteiger partial charge is 0.364 e. The second-order valence-corrected chi connectivity index (χ2v) is 7.71. The van der Waals surface area contributed by atoms with E-state index < -0.39 is 5.91 Å². The smallest absolute Gasteiger partial charge is 0.273 e. The number of hydrogen-bond acceptors (Lipinski definition) is 9. The van der Waals surface area contributed by atoms with Gasteiger partial charge in [-0.15, -0.1) is 21.5 Å². The average Bonchev–Trinajstić information content (AvgIpc) is 3.21. The Bertz CT molecular complexity index is 1110. The molecule has 0 radical (unpaired) electrons. The van der Waals surface area contributed by atoms with Gasteiger partial charge in [0.05, 0.1) is 15.7 Å². The molecule has 2 aromatic heterocycles. The molecule has 1 unspecified atom stereocenters. The van der Waals surface area contributed by atoms with Crippen LogP contribution in [0.25, 0.3) is 10.2 Å². The summed E-state index contributed by atoms with van der Waals surface area (Å²) in [5.41, 5.74) is 8.76. The van der Waals surface area contributed by atoms with Gasteiger partial charge in [-0.1, -0.05) is 6.58 Å². The number of carbonyl (C=O) groups is 2. The number of nitrogens with one attached hydrogen (secondary N) is 2. The molecule has 4 N–H and O–H groups in total. The van der Waals surface area contributed by atoms with Gasteiger partial charge in [-0.2, -0.15) is 4.98 Å². The fraction of sp³-hybridized carbons (Fsp3) is 0.263. The van der Waals surface area contributed by atoms with Crippen molar-refractivity contribution < 1.29 is 9.59 Å². The van der Waals surface area contributed by atoms with Crippen LogP contribution in [0, 0.1) is 0 Å². The quantitative estimate of drug-likeness (QED) is 0.510. The number of anilines is 3. The summed E-state index contributed by atoms with van der Waals surface area (Å²) >= 11 is 1.51. The Morgan fingerprint density at radius 2 is 2.20 bits per heavy atom. The van der Waals surface area contributed by atoms with Crippen molar-refractivity contribution in [2.75, 3.05) is 23.7 Å². The topological polar surface area (TPSA) is 139 Å². The van der Waals surface area contributed by atoms with Crippen molar-refractivity contribution in [3.8, 4) is 0 Å². The lowest BCUT2D eigenvalue weighted by atomic mass is 10.1. The molecular formula is C19H20N8O2S. The molecule has 1 aliphatic rings. The Labute approximate surface area is 176 Å². The van der Waals surface area contributed by atoms with Crippen LogP contribution in [-0.2, 0) is 4.79 Å². The number of benzene rings is 1. The summed E-state index contributed by atoms with van der Waals surface area (Å²) in [5, 5.41) is 14.2. The second kappa shape index (κ2) is 8.41. The van der Waals surface area contributed by atoms with E-state index in [2.05, 4.69) is 37.4 Å². The van der Waals surface area contributed by atoms with Crippen molar-refractivity contribution in [2.45, 2.75) is 18.9 Å². The summed E-state index contributed by atoms with van der Waals surface area (Å²) in [5.74, 6) is -0.383. The lowest BCUT2D eigenvalue weighted by molar-refractivity contribution is -0.127. The standard InChI is InChI=1S/C19H20N8O2S/c1-2-15(28)27-7-3-4-12(9-27)23-19-24-18(16(17(20)29)25-26-19)22-11-5-6-13-14(8-11)30-10-21-13/h2,5-6,8,10,12H,1,3-4,7,9H2,(H2,20,29)(H2,22,23,24,26). The first kappa shape index (κ1) is 19.7. The number of nitrogens with zero attached hydrogens (tertiary/aromatic N) is 5. The van der Waals surface area contributed by atoms with Crippen LogP contribution in [0.15, 0.2) is 36.4 Å². The van der Waals surface area contributed by atoms with E-state index in [0.717, 1.165) is 28.7 Å². The van der Waals surface area contributed by atoms with Crippen LogP contribution in [0.3, 0.4) is 0 Å². The number of piperidine rings is 1. The van der Waals surface area contributed by atoms with Crippen LogP contribution in [0.4, 0.5) is 17.5 Å². The zero-order chi connectivity index (χ0) is 21.1. The molecule has 3 heterocycles. The van der Waals surface area contributed by atoms with Crippen LogP contribution in [0.2, 0.25) is 0 Å². The summed E-state index contributed by atoms with van der Waals surface area (Å²) in [4.78, 5) is 34.1. The van der Waals surface area contributed by atoms with Gasteiger partial charge in [-0.25, -0.2) is 4.98 Å². The van der Waals surface area contributed by atoms with Crippen LogP contribution in [-0.4, -0.2) is 56.0 Å². The molecule has 0 bridgehead atoms. The van der Waals surface area contributed by atoms with Crippen molar-refractivity contribution >= 4 is 50.8 Å². The van der Waals surface area contributed by atoms with E-state index in [1.807, 2.05) is 18.2 Å². The van der Waals surface area contributed by atoms with Crippen LogP contribution in [0.1, 0.15) is 23.3 Å². The Balaban J connectivity index is 1.55. The highest BCUT2D eigenvalue weighted by atomic mass is 32.1. The van der Waals surface area contributed by atoms with Gasteiger partial charge in [0.15, 0.2) is 11.5 Å². The Morgan fingerprint density at radius 1 is 1.33 bits per heavy atom. The van der Waals surface area contributed by atoms with E-state index in [4.69, 9.17) is 5.73 Å². The lowest BCUT2D eigenvalue weighted by Crippen LogP contribution is -2.44. The SMILES string of the molecule is C=CC(=O)N1CCCC(Nc2nnc(C(N)=O)c(Nc3ccc4ncsc4c3)n2)C1. The summed E-state index contributed by atoms with van der Waals surface area (Å²) in [7, 11) is 0. The maximum absolute atomic E-state index is 11.9. The summed E-state index contributed by atoms with van der Waals surface area (Å²) in [6.07, 6.45) is 3.01. The zero-order valence-electron chi connectivity index (χ0n) is 16.0. The number of rotatable bonds is 6. The van der Waals surface area contributed by atoms with Crippen LogP contribution in [0.5, 0.6) is 0 Å². The molecule has 1 atom stereocenters. The van der Waals surface area contributed by atoms with Gasteiger partial charge in [0.25, 0.3) is 5.91 Å². The van der Waals surface area contributed by atoms with Crippen LogP contribution >= 0.6 is 11.3 Å². The van der Waals surface area contributed by atoms with Crippen molar-refractivity contribution in [3.63, 3.8) is 0 Å². The van der Waals surface area contributed by atoms with Crippen LogP contribution < -0.4 is 16.4 Å². The van der Waals surface area contributed by atoms with Gasteiger partial charge >= 0.3 is 0 Å². The van der Waals surface area contributed by atoms with Crippen molar-refractivity contribution in [1.29, 1.82) is 0 Å². The Kier molecular flexibility index (Phi) is 5.53. The number of likely N-dealkylation sites (tertiary alicyclic amines) is 1. The molecule has 4 rings (SSSR count). The highest BCUT2D eigenvalue weighted by Gasteiger charge is 2.23. The number of primary amides is 1. The summed E-state index contributed by atoms with van der Waals surface area (Å²) in [6.45, 7) is 4.74. The lowest BCUT2D eigenvalue weighted by Gasteiger charge is -2.32. The Hall–Kier alpha value is -3.60. The maximum atomic E-state index is 11.9. The first-order valence-electron chi connectivity index (χ1n) is 9.36. The minimum atomic E-state index is -0.733. The third-order valence-electron chi connectivity index (χ3n) is 4.76. The molecular weight excluding hydrogens is 404 g/mol. The molecule has 1 fully saturated rings. The van der Waals surface area contributed by atoms with Gasteiger partial charge in [-0.05, 0) is 37.1 Å². The van der Waals surface area contributed by atoms with Gasteiger partial charge in [0.1, 0.15) is 0 Å². The third-order valence-corrected chi connectivity index (χ3v) is 5.55. The van der Waals surface area contributed by atoms with E-state index >= 15 is 0 Å². The summed E-state index contributed by atoms with van der Waals surface area (Å²) in [6, 6.07) is 5.58. The highest BCUT2D eigenvalue weighted by Crippen LogP contribution is 2.25. The van der Waals surface area contributed by atoms with E-state index in [9.17, 15) is 9.59 Å². The van der Waals surface area contributed by atoms with Crippen molar-refractivity contribution in [3.05, 3.63) is 42.1 Å². The average molecular weight is 424 g/mol. The van der Waals surface area contributed by atoms with Gasteiger partial charge in [-0.3, -0.25) is 9.59 Å².